The summed E-state index contributed by atoms with van der Waals surface area (Å²) in [6.07, 6.45) is 15.2. The Kier molecular flexibility index (Phi) is 11.0. The lowest BCUT2D eigenvalue weighted by atomic mass is 9.82. The maximum absolute atomic E-state index is 11.1. The maximum Gasteiger partial charge on any atom is 0.123 e. The van der Waals surface area contributed by atoms with E-state index in [9.17, 15) is 5.11 Å². The van der Waals surface area contributed by atoms with Crippen molar-refractivity contribution in [3.05, 3.63) is 53.1 Å². The molecule has 30 heavy (non-hydrogen) atoms. The van der Waals surface area contributed by atoms with Crippen molar-refractivity contribution < 1.29 is 5.11 Å². The van der Waals surface area contributed by atoms with Gasteiger partial charge in [-0.1, -0.05) is 109 Å². The molecule has 0 saturated heterocycles. The average Bonchev–Trinajstić information content (AvgIpc) is 2.74. The zero-order chi connectivity index (χ0) is 21.8. The number of phenols is 1. The van der Waals surface area contributed by atoms with Gasteiger partial charge in [0.25, 0.3) is 0 Å². The zero-order valence-electron chi connectivity index (χ0n) is 20.0. The molecule has 0 aromatic heterocycles. The van der Waals surface area contributed by atoms with Crippen LogP contribution in [-0.4, -0.2) is 5.11 Å². The molecular weight excluding hydrogens is 364 g/mol. The number of aryl methyl sites for hydroxylation is 1. The van der Waals surface area contributed by atoms with Crippen LogP contribution in [0.2, 0.25) is 0 Å². The summed E-state index contributed by atoms with van der Waals surface area (Å²) < 4.78 is 0. The normalized spacial score (nSPS) is 11.4. The second-order valence-electron chi connectivity index (χ2n) is 9.17. The highest BCUT2D eigenvalue weighted by Gasteiger charge is 2.21. The first-order chi connectivity index (χ1) is 14.6. The van der Waals surface area contributed by atoms with Crippen LogP contribution in [-0.2, 0) is 12.8 Å². The Morgan fingerprint density at radius 2 is 1.30 bits per heavy atom. The average molecular weight is 409 g/mol. The Balaban J connectivity index is 2.36. The molecule has 2 aromatic carbocycles. The van der Waals surface area contributed by atoms with Gasteiger partial charge >= 0.3 is 0 Å². The van der Waals surface area contributed by atoms with Crippen LogP contribution in [0.1, 0.15) is 115 Å². The van der Waals surface area contributed by atoms with Crippen LogP contribution < -0.4 is 0 Å². The third-order valence-electron chi connectivity index (χ3n) is 6.27. The molecule has 0 saturated carbocycles. The van der Waals surface area contributed by atoms with E-state index in [1.165, 1.54) is 80.9 Å². The summed E-state index contributed by atoms with van der Waals surface area (Å²) in [6.45, 7) is 9.12. The van der Waals surface area contributed by atoms with Crippen molar-refractivity contribution in [2.75, 3.05) is 0 Å². The highest BCUT2D eigenvalue weighted by atomic mass is 16.3. The van der Waals surface area contributed by atoms with Crippen LogP contribution in [0.25, 0.3) is 11.1 Å². The molecule has 166 valence electrons. The molecule has 0 spiro atoms. The van der Waals surface area contributed by atoms with E-state index >= 15 is 0 Å². The van der Waals surface area contributed by atoms with Crippen molar-refractivity contribution in [2.45, 2.75) is 111 Å². The van der Waals surface area contributed by atoms with Gasteiger partial charge in [0.2, 0.25) is 0 Å². The molecule has 2 aromatic rings. The second kappa shape index (κ2) is 13.5. The molecule has 0 aliphatic heterocycles. The Labute approximate surface area is 185 Å². The minimum atomic E-state index is 0.400. The zero-order valence-corrected chi connectivity index (χ0v) is 20.0. The van der Waals surface area contributed by atoms with E-state index in [1.54, 1.807) is 0 Å². The Bertz CT molecular complexity index is 730. The molecule has 1 N–H and O–H groups in total. The third-order valence-corrected chi connectivity index (χ3v) is 6.27. The van der Waals surface area contributed by atoms with Crippen molar-refractivity contribution in [2.24, 2.45) is 0 Å². The van der Waals surface area contributed by atoms with Crippen LogP contribution >= 0.6 is 0 Å². The Hall–Kier alpha value is -1.76. The number of hydrogen-bond donors (Lipinski definition) is 1. The SMILES string of the molecule is CCCCCCCc1cc(O)c(-c2ccccc2)c(C(C)C)c1CCCCCCC. The molecule has 0 fully saturated rings. The molecule has 0 unspecified atom stereocenters. The largest absolute Gasteiger partial charge is 0.507 e. The molecule has 1 heteroatoms. The minimum absolute atomic E-state index is 0.400. The number of aromatic hydroxyl groups is 1. The van der Waals surface area contributed by atoms with Crippen molar-refractivity contribution in [1.29, 1.82) is 0 Å². The van der Waals surface area contributed by atoms with Gasteiger partial charge in [-0.3, -0.25) is 0 Å². The van der Waals surface area contributed by atoms with Gasteiger partial charge < -0.3 is 5.11 Å². The van der Waals surface area contributed by atoms with E-state index in [2.05, 4.69) is 64.1 Å². The Morgan fingerprint density at radius 1 is 0.733 bits per heavy atom. The smallest absolute Gasteiger partial charge is 0.123 e. The van der Waals surface area contributed by atoms with Crippen LogP contribution in [0.15, 0.2) is 36.4 Å². The third kappa shape index (κ3) is 7.18. The Morgan fingerprint density at radius 3 is 1.87 bits per heavy atom. The predicted molar refractivity (Wildman–Crippen MR) is 133 cm³/mol. The van der Waals surface area contributed by atoms with Crippen LogP contribution in [0.4, 0.5) is 0 Å². The van der Waals surface area contributed by atoms with Gasteiger partial charge in [-0.25, -0.2) is 0 Å². The fourth-order valence-electron chi connectivity index (χ4n) is 4.67. The van der Waals surface area contributed by atoms with Gasteiger partial charge in [0.15, 0.2) is 0 Å². The van der Waals surface area contributed by atoms with Crippen LogP contribution in [0.3, 0.4) is 0 Å². The molecule has 0 aliphatic rings. The van der Waals surface area contributed by atoms with Gasteiger partial charge in [-0.15, -0.1) is 0 Å². The first-order valence-electron chi connectivity index (χ1n) is 12.5. The predicted octanol–water partition coefficient (Wildman–Crippen LogP) is 9.21. The number of unbranched alkanes of at least 4 members (excludes halogenated alkanes) is 8. The van der Waals surface area contributed by atoms with Gasteiger partial charge in [-0.05, 0) is 59.9 Å². The number of phenolic OH excluding ortho intramolecular Hbond substituents is 1. The molecule has 0 amide bonds. The highest BCUT2D eigenvalue weighted by molar-refractivity contribution is 5.76. The van der Waals surface area contributed by atoms with E-state index in [4.69, 9.17) is 0 Å². The summed E-state index contributed by atoms with van der Waals surface area (Å²) in [4.78, 5) is 0. The van der Waals surface area contributed by atoms with Crippen LogP contribution in [0, 0.1) is 0 Å². The van der Waals surface area contributed by atoms with Gasteiger partial charge in [0, 0.05) is 5.56 Å². The van der Waals surface area contributed by atoms with E-state index in [-0.39, 0.29) is 0 Å². The summed E-state index contributed by atoms with van der Waals surface area (Å²) in [5, 5.41) is 11.1. The molecule has 0 heterocycles. The first-order valence-corrected chi connectivity index (χ1v) is 12.5. The lowest BCUT2D eigenvalue weighted by Gasteiger charge is -2.23. The van der Waals surface area contributed by atoms with Gasteiger partial charge in [0.1, 0.15) is 5.75 Å². The van der Waals surface area contributed by atoms with Crippen molar-refractivity contribution in [3.8, 4) is 16.9 Å². The lowest BCUT2D eigenvalue weighted by molar-refractivity contribution is 0.474. The standard InChI is InChI=1S/C29H44O/c1-5-7-9-11-14-20-25-22-27(30)29(24-18-15-13-16-19-24)28(23(3)4)26(25)21-17-12-10-8-6-2/h13,15-16,18-19,22-23,30H,5-12,14,17,20-21H2,1-4H3. The summed E-state index contributed by atoms with van der Waals surface area (Å²) in [7, 11) is 0. The summed E-state index contributed by atoms with van der Waals surface area (Å²) in [5.74, 6) is 0.861. The quantitative estimate of drug-likeness (QED) is 0.309. The summed E-state index contributed by atoms with van der Waals surface area (Å²) >= 11 is 0. The van der Waals surface area contributed by atoms with Crippen molar-refractivity contribution >= 4 is 0 Å². The molecule has 0 bridgehead atoms. The molecule has 0 atom stereocenters. The number of rotatable bonds is 14. The monoisotopic (exact) mass is 408 g/mol. The molecular formula is C29H44O. The topological polar surface area (TPSA) is 20.2 Å². The minimum Gasteiger partial charge on any atom is -0.507 e. The lowest BCUT2D eigenvalue weighted by Crippen LogP contribution is -2.06. The molecule has 1 nitrogen and oxygen atoms in total. The van der Waals surface area contributed by atoms with E-state index < -0.39 is 0 Å². The van der Waals surface area contributed by atoms with E-state index in [0.29, 0.717) is 11.7 Å². The maximum atomic E-state index is 11.1. The molecule has 0 aliphatic carbocycles. The van der Waals surface area contributed by atoms with E-state index in [0.717, 1.165) is 24.0 Å². The van der Waals surface area contributed by atoms with E-state index in [1.807, 2.05) is 0 Å². The summed E-state index contributed by atoms with van der Waals surface area (Å²) in [5.41, 5.74) is 6.49. The van der Waals surface area contributed by atoms with Gasteiger partial charge in [-0.2, -0.15) is 0 Å². The number of hydrogen-bond acceptors (Lipinski definition) is 1. The second-order valence-corrected chi connectivity index (χ2v) is 9.17. The number of benzene rings is 2. The molecule has 2 rings (SSSR count). The van der Waals surface area contributed by atoms with Crippen molar-refractivity contribution in [3.63, 3.8) is 0 Å². The fourth-order valence-corrected chi connectivity index (χ4v) is 4.67. The van der Waals surface area contributed by atoms with Gasteiger partial charge in [0.05, 0.1) is 0 Å². The highest BCUT2D eigenvalue weighted by Crippen LogP contribution is 2.41. The summed E-state index contributed by atoms with van der Waals surface area (Å²) in [6, 6.07) is 12.6. The fraction of sp³-hybridized carbons (Fsp3) is 0.586. The molecule has 0 radical (unpaired) electrons. The first kappa shape index (κ1) is 24.5. The van der Waals surface area contributed by atoms with Crippen LogP contribution in [0.5, 0.6) is 5.75 Å². The van der Waals surface area contributed by atoms with Crippen molar-refractivity contribution in [1.82, 2.24) is 0 Å².